The van der Waals surface area contributed by atoms with Crippen LogP contribution in [-0.4, -0.2) is 44.1 Å². The van der Waals surface area contributed by atoms with Crippen molar-refractivity contribution in [3.8, 4) is 5.75 Å². The van der Waals surface area contributed by atoms with Crippen LogP contribution in [0.25, 0.3) is 11.0 Å². The summed E-state index contributed by atoms with van der Waals surface area (Å²) in [5.41, 5.74) is 3.33. The number of aryl methyl sites for hydroxylation is 3. The van der Waals surface area contributed by atoms with Gasteiger partial charge in [0.2, 0.25) is 5.91 Å². The van der Waals surface area contributed by atoms with Gasteiger partial charge in [-0.1, -0.05) is 17.8 Å². The van der Waals surface area contributed by atoms with Crippen molar-refractivity contribution in [1.29, 1.82) is 0 Å². The van der Waals surface area contributed by atoms with E-state index < -0.39 is 0 Å². The topological polar surface area (TPSA) is 95.4 Å². The minimum atomic E-state index is -0.203. The van der Waals surface area contributed by atoms with Crippen molar-refractivity contribution in [3.05, 3.63) is 64.0 Å². The van der Waals surface area contributed by atoms with Gasteiger partial charge in [-0.25, -0.2) is 4.98 Å². The average Bonchev–Trinajstić information content (AvgIpc) is 3.46. The summed E-state index contributed by atoms with van der Waals surface area (Å²) < 4.78 is 14.4. The summed E-state index contributed by atoms with van der Waals surface area (Å²) in [7, 11) is 0. The molecule has 3 aromatic heterocycles. The molecule has 0 saturated carbocycles. The summed E-state index contributed by atoms with van der Waals surface area (Å²) >= 11 is 1.25. The third-order valence-electron chi connectivity index (χ3n) is 5.78. The van der Waals surface area contributed by atoms with Gasteiger partial charge in [0.25, 0.3) is 5.56 Å². The number of amides is 1. The molecule has 0 bridgehead atoms. The fourth-order valence-corrected chi connectivity index (χ4v) is 4.98. The molecule has 0 unspecified atom stereocenters. The monoisotopic (exact) mass is 479 g/mol. The Hall–Kier alpha value is -3.53. The lowest BCUT2D eigenvalue weighted by Gasteiger charge is -2.29. The van der Waals surface area contributed by atoms with E-state index in [1.807, 2.05) is 45.0 Å². The van der Waals surface area contributed by atoms with E-state index in [1.165, 1.54) is 11.8 Å². The Morgan fingerprint density at radius 2 is 2.09 bits per heavy atom. The molecule has 4 heterocycles. The number of rotatable bonds is 6. The van der Waals surface area contributed by atoms with E-state index in [0.717, 1.165) is 11.3 Å². The molecule has 1 amide bonds. The summed E-state index contributed by atoms with van der Waals surface area (Å²) in [6, 6.07) is 9.40. The number of carbonyl (C=O) groups excluding carboxylic acids is 1. The number of nitrogens with zero attached hydrogens (tertiary/aromatic N) is 5. The van der Waals surface area contributed by atoms with Gasteiger partial charge >= 0.3 is 0 Å². The van der Waals surface area contributed by atoms with Crippen LogP contribution in [0, 0.1) is 13.8 Å². The average molecular weight is 480 g/mol. The highest BCUT2D eigenvalue weighted by atomic mass is 32.2. The number of furan rings is 1. The Morgan fingerprint density at radius 3 is 2.85 bits per heavy atom. The van der Waals surface area contributed by atoms with Crippen molar-refractivity contribution in [2.24, 2.45) is 0 Å². The SMILES string of the molecule is CCn1nc(C)c2nc(SCC(=O)N3CCOc4ccc(C)cc43)n(Cc3ccco3)c(=O)c21. The molecule has 34 heavy (non-hydrogen) atoms. The number of hydrogen-bond acceptors (Lipinski definition) is 7. The zero-order valence-corrected chi connectivity index (χ0v) is 20.1. The van der Waals surface area contributed by atoms with E-state index in [-0.39, 0.29) is 23.8 Å². The van der Waals surface area contributed by atoms with Gasteiger partial charge in [0.1, 0.15) is 23.6 Å². The van der Waals surface area contributed by atoms with E-state index in [1.54, 1.807) is 26.5 Å². The van der Waals surface area contributed by atoms with Crippen LogP contribution in [0.5, 0.6) is 5.75 Å². The Kier molecular flexibility index (Phi) is 5.91. The fourth-order valence-electron chi connectivity index (χ4n) is 4.12. The molecule has 0 fully saturated rings. The highest BCUT2D eigenvalue weighted by Gasteiger charge is 2.25. The number of anilines is 1. The van der Waals surface area contributed by atoms with Gasteiger partial charge in [-0.05, 0) is 50.6 Å². The summed E-state index contributed by atoms with van der Waals surface area (Å²) in [6.45, 7) is 7.45. The van der Waals surface area contributed by atoms with Gasteiger partial charge in [0.15, 0.2) is 10.7 Å². The highest BCUT2D eigenvalue weighted by Crippen LogP contribution is 2.33. The van der Waals surface area contributed by atoms with E-state index in [9.17, 15) is 9.59 Å². The van der Waals surface area contributed by atoms with Gasteiger partial charge < -0.3 is 14.1 Å². The van der Waals surface area contributed by atoms with E-state index in [2.05, 4.69) is 5.10 Å². The van der Waals surface area contributed by atoms with Crippen molar-refractivity contribution < 1.29 is 13.9 Å². The maximum absolute atomic E-state index is 13.5. The second-order valence-corrected chi connectivity index (χ2v) is 9.06. The summed E-state index contributed by atoms with van der Waals surface area (Å²) in [6.07, 6.45) is 1.57. The van der Waals surface area contributed by atoms with Crippen molar-refractivity contribution >= 4 is 34.4 Å². The first kappa shape index (κ1) is 22.3. The summed E-state index contributed by atoms with van der Waals surface area (Å²) in [4.78, 5) is 33.3. The molecular formula is C24H25N5O4S. The minimum absolute atomic E-state index is 0.0694. The molecule has 0 radical (unpaired) electrons. The molecule has 1 aromatic carbocycles. The van der Waals surface area contributed by atoms with Crippen LogP contribution in [0.4, 0.5) is 5.69 Å². The standard InChI is InChI=1S/C24H25N5O4S/c1-4-29-22-21(16(3)26-29)25-24(28(23(22)31)13-17-6-5-10-32-17)34-14-20(30)27-9-11-33-19-8-7-15(2)12-18(19)27/h5-8,10,12H,4,9,11,13-14H2,1-3H3. The van der Waals surface area contributed by atoms with E-state index >= 15 is 0 Å². The molecule has 4 aromatic rings. The summed E-state index contributed by atoms with van der Waals surface area (Å²) in [5, 5.41) is 4.93. The predicted molar refractivity (Wildman–Crippen MR) is 130 cm³/mol. The van der Waals surface area contributed by atoms with Crippen LogP contribution in [0.2, 0.25) is 0 Å². The van der Waals surface area contributed by atoms with E-state index in [4.69, 9.17) is 14.1 Å². The van der Waals surface area contributed by atoms with Crippen LogP contribution < -0.4 is 15.2 Å². The van der Waals surface area contributed by atoms with Crippen LogP contribution >= 0.6 is 11.8 Å². The maximum Gasteiger partial charge on any atom is 0.280 e. The first-order valence-electron chi connectivity index (χ1n) is 11.1. The van der Waals surface area contributed by atoms with Crippen LogP contribution in [0.3, 0.4) is 0 Å². The molecule has 0 atom stereocenters. The number of carbonyl (C=O) groups is 1. The lowest BCUT2D eigenvalue weighted by Crippen LogP contribution is -2.39. The number of aromatic nitrogens is 4. The normalized spacial score (nSPS) is 13.2. The fraction of sp³-hybridized carbons (Fsp3) is 0.333. The van der Waals surface area contributed by atoms with Crippen LogP contribution in [0.15, 0.2) is 51.0 Å². The molecule has 5 rings (SSSR count). The predicted octanol–water partition coefficient (Wildman–Crippen LogP) is 3.39. The lowest BCUT2D eigenvalue weighted by atomic mass is 10.1. The maximum atomic E-state index is 13.5. The van der Waals surface area contributed by atoms with Crippen LogP contribution in [-0.2, 0) is 17.9 Å². The quantitative estimate of drug-likeness (QED) is 0.309. The molecule has 0 aliphatic carbocycles. The zero-order valence-electron chi connectivity index (χ0n) is 19.3. The summed E-state index contributed by atoms with van der Waals surface area (Å²) in [5.74, 6) is 1.39. The highest BCUT2D eigenvalue weighted by molar-refractivity contribution is 7.99. The Bertz CT molecular complexity index is 1420. The molecule has 1 aliphatic rings. The first-order chi connectivity index (χ1) is 16.5. The van der Waals surface area contributed by atoms with Gasteiger partial charge in [-0.3, -0.25) is 18.8 Å². The molecule has 9 nitrogen and oxygen atoms in total. The molecule has 176 valence electrons. The van der Waals surface area contributed by atoms with Gasteiger partial charge in [0, 0.05) is 6.54 Å². The van der Waals surface area contributed by atoms with Crippen molar-refractivity contribution in [1.82, 2.24) is 19.3 Å². The third-order valence-corrected chi connectivity index (χ3v) is 6.74. The molecule has 0 spiro atoms. The minimum Gasteiger partial charge on any atom is -0.490 e. The first-order valence-corrected chi connectivity index (χ1v) is 12.1. The second-order valence-electron chi connectivity index (χ2n) is 8.12. The molecule has 0 saturated heterocycles. The second kappa shape index (κ2) is 9.02. The molecule has 1 aliphatic heterocycles. The number of fused-ring (bicyclic) bond motifs is 2. The van der Waals surface area contributed by atoms with Crippen molar-refractivity contribution in [2.45, 2.75) is 39.0 Å². The van der Waals surface area contributed by atoms with Gasteiger partial charge in [-0.15, -0.1) is 0 Å². The number of ether oxygens (including phenoxy) is 1. The van der Waals surface area contributed by atoms with E-state index in [0.29, 0.717) is 53.1 Å². The van der Waals surface area contributed by atoms with Gasteiger partial charge in [-0.2, -0.15) is 5.10 Å². The molecule has 0 N–H and O–H groups in total. The molecule has 10 heteroatoms. The van der Waals surface area contributed by atoms with Crippen LogP contribution in [0.1, 0.15) is 23.9 Å². The number of hydrogen-bond donors (Lipinski definition) is 0. The largest absolute Gasteiger partial charge is 0.490 e. The third kappa shape index (κ3) is 3.98. The van der Waals surface area contributed by atoms with Gasteiger partial charge in [0.05, 0.1) is 36.5 Å². The Balaban J connectivity index is 1.49. The lowest BCUT2D eigenvalue weighted by molar-refractivity contribution is -0.116. The zero-order chi connectivity index (χ0) is 23.8. The Morgan fingerprint density at radius 1 is 1.24 bits per heavy atom. The molecular weight excluding hydrogens is 454 g/mol. The smallest absolute Gasteiger partial charge is 0.280 e. The number of benzene rings is 1. The number of thioether (sulfide) groups is 1. The Labute approximate surface area is 200 Å². The van der Waals surface area contributed by atoms with Crippen molar-refractivity contribution in [3.63, 3.8) is 0 Å². The van der Waals surface area contributed by atoms with Crippen molar-refractivity contribution in [2.75, 3.05) is 23.8 Å².